The molecular formula is C23H27ClN4O4. The van der Waals surface area contributed by atoms with E-state index in [1.165, 1.54) is 12.1 Å². The summed E-state index contributed by atoms with van der Waals surface area (Å²) in [7, 11) is 1.78. The second-order valence-electron chi connectivity index (χ2n) is 8.34. The van der Waals surface area contributed by atoms with Crippen molar-refractivity contribution in [2.24, 2.45) is 5.92 Å². The van der Waals surface area contributed by atoms with Gasteiger partial charge in [-0.2, -0.15) is 0 Å². The number of nitrogens with zero attached hydrogens (tertiary/aromatic N) is 3. The third-order valence-corrected chi connectivity index (χ3v) is 6.24. The minimum Gasteiger partial charge on any atom is -0.440 e. The average molecular weight is 459 g/mol. The molecule has 0 bridgehead atoms. The van der Waals surface area contributed by atoms with Crippen molar-refractivity contribution in [3.05, 3.63) is 47.4 Å². The maximum Gasteiger partial charge on any atom is 0.287 e. The summed E-state index contributed by atoms with van der Waals surface area (Å²) < 4.78 is 5.10. The number of rotatable bonds is 7. The lowest BCUT2D eigenvalue weighted by atomic mass is 10.1. The molecule has 0 aliphatic carbocycles. The molecule has 3 amide bonds. The number of likely N-dealkylation sites (tertiary alicyclic amines) is 1. The first kappa shape index (κ1) is 22.4. The lowest BCUT2D eigenvalue weighted by molar-refractivity contribution is -0.119. The number of anilines is 2. The SMILES string of the molecule is CN(C(=O)CN1CCCC1)c1ccc(N2CC(CNC(=O)c3ccc(Cl)o3)CC2=O)cc1. The number of carbonyl (C=O) groups is 3. The molecule has 32 heavy (non-hydrogen) atoms. The lowest BCUT2D eigenvalue weighted by Gasteiger charge is -2.22. The van der Waals surface area contributed by atoms with Crippen LogP contribution in [0.1, 0.15) is 29.8 Å². The van der Waals surface area contributed by atoms with E-state index in [0.29, 0.717) is 26.1 Å². The third kappa shape index (κ3) is 5.14. The van der Waals surface area contributed by atoms with E-state index in [4.69, 9.17) is 16.0 Å². The van der Waals surface area contributed by atoms with Crippen LogP contribution in [0.5, 0.6) is 0 Å². The van der Waals surface area contributed by atoms with Crippen LogP contribution in [0.2, 0.25) is 5.22 Å². The summed E-state index contributed by atoms with van der Waals surface area (Å²) in [6.07, 6.45) is 2.66. The molecule has 0 saturated carbocycles. The fraction of sp³-hybridized carbons (Fsp3) is 0.435. The number of likely N-dealkylation sites (N-methyl/N-ethyl adjacent to an activating group) is 1. The van der Waals surface area contributed by atoms with E-state index in [-0.39, 0.29) is 34.6 Å². The summed E-state index contributed by atoms with van der Waals surface area (Å²) in [5.74, 6) is -0.132. The van der Waals surface area contributed by atoms with Crippen molar-refractivity contribution in [1.29, 1.82) is 0 Å². The highest BCUT2D eigenvalue weighted by Crippen LogP contribution is 2.27. The first-order chi connectivity index (χ1) is 15.4. The molecule has 2 fully saturated rings. The summed E-state index contributed by atoms with van der Waals surface area (Å²) >= 11 is 5.70. The number of nitrogens with one attached hydrogen (secondary N) is 1. The van der Waals surface area contributed by atoms with Crippen LogP contribution in [0.3, 0.4) is 0 Å². The highest BCUT2D eigenvalue weighted by molar-refractivity contribution is 6.29. The lowest BCUT2D eigenvalue weighted by Crippen LogP contribution is -2.37. The molecule has 4 rings (SSSR count). The Labute approximate surface area is 192 Å². The number of halogens is 1. The van der Waals surface area contributed by atoms with Gasteiger partial charge in [-0.3, -0.25) is 19.3 Å². The first-order valence-electron chi connectivity index (χ1n) is 10.8. The van der Waals surface area contributed by atoms with Crippen LogP contribution in [0.25, 0.3) is 0 Å². The predicted octanol–water partition coefficient (Wildman–Crippen LogP) is 2.77. The van der Waals surface area contributed by atoms with Crippen LogP contribution in [-0.4, -0.2) is 62.4 Å². The van der Waals surface area contributed by atoms with E-state index in [1.807, 2.05) is 24.3 Å². The van der Waals surface area contributed by atoms with Gasteiger partial charge < -0.3 is 19.5 Å². The highest BCUT2D eigenvalue weighted by Gasteiger charge is 2.31. The molecule has 0 radical (unpaired) electrons. The van der Waals surface area contributed by atoms with Crippen molar-refractivity contribution in [3.8, 4) is 0 Å². The van der Waals surface area contributed by atoms with E-state index in [0.717, 1.165) is 37.3 Å². The molecule has 1 N–H and O–H groups in total. The molecule has 1 aromatic heterocycles. The van der Waals surface area contributed by atoms with E-state index in [1.54, 1.807) is 16.8 Å². The Morgan fingerprint density at radius 2 is 1.88 bits per heavy atom. The maximum absolute atomic E-state index is 12.5. The Kier molecular flexibility index (Phi) is 6.81. The second kappa shape index (κ2) is 9.75. The van der Waals surface area contributed by atoms with E-state index >= 15 is 0 Å². The molecule has 1 aromatic carbocycles. The number of benzene rings is 1. The molecule has 9 heteroatoms. The zero-order valence-corrected chi connectivity index (χ0v) is 18.8. The monoisotopic (exact) mass is 458 g/mol. The molecule has 0 spiro atoms. The van der Waals surface area contributed by atoms with Gasteiger partial charge >= 0.3 is 0 Å². The van der Waals surface area contributed by atoms with Gasteiger partial charge in [-0.1, -0.05) is 0 Å². The summed E-state index contributed by atoms with van der Waals surface area (Å²) in [6, 6.07) is 10.5. The van der Waals surface area contributed by atoms with Crippen molar-refractivity contribution in [1.82, 2.24) is 10.2 Å². The number of hydrogen-bond donors (Lipinski definition) is 1. The quantitative estimate of drug-likeness (QED) is 0.689. The Morgan fingerprint density at radius 1 is 1.16 bits per heavy atom. The second-order valence-corrected chi connectivity index (χ2v) is 8.71. The van der Waals surface area contributed by atoms with E-state index in [9.17, 15) is 14.4 Å². The topological polar surface area (TPSA) is 86.1 Å². The van der Waals surface area contributed by atoms with E-state index < -0.39 is 0 Å². The van der Waals surface area contributed by atoms with Gasteiger partial charge in [-0.15, -0.1) is 0 Å². The smallest absolute Gasteiger partial charge is 0.287 e. The van der Waals surface area contributed by atoms with Crippen molar-refractivity contribution < 1.29 is 18.8 Å². The van der Waals surface area contributed by atoms with E-state index in [2.05, 4.69) is 10.2 Å². The number of carbonyl (C=O) groups excluding carboxylic acids is 3. The molecule has 2 aliphatic rings. The van der Waals surface area contributed by atoms with Crippen molar-refractivity contribution in [2.45, 2.75) is 19.3 Å². The zero-order chi connectivity index (χ0) is 22.7. The molecule has 2 aliphatic heterocycles. The number of hydrogen-bond acceptors (Lipinski definition) is 5. The minimum absolute atomic E-state index is 0.00118. The molecule has 1 atom stereocenters. The van der Waals surface area contributed by atoms with Crippen LogP contribution in [0, 0.1) is 5.92 Å². The van der Waals surface area contributed by atoms with Gasteiger partial charge in [0.15, 0.2) is 11.0 Å². The average Bonchev–Trinajstić information content (AvgIpc) is 3.53. The van der Waals surface area contributed by atoms with Crippen LogP contribution in [-0.2, 0) is 9.59 Å². The van der Waals surface area contributed by atoms with Crippen molar-refractivity contribution >= 4 is 40.7 Å². The molecule has 3 heterocycles. The van der Waals surface area contributed by atoms with Gasteiger partial charge in [0.1, 0.15) is 0 Å². The Hall–Kier alpha value is -2.84. The summed E-state index contributed by atoms with van der Waals surface area (Å²) in [4.78, 5) is 42.7. The standard InChI is InChI=1S/C23H27ClN4O4/c1-26(22(30)15-27-10-2-3-11-27)17-4-6-18(7-5-17)28-14-16(12-21(28)29)13-25-23(31)19-8-9-20(24)32-19/h4-9,16H,2-3,10-15H2,1H3,(H,25,31). The first-order valence-corrected chi connectivity index (χ1v) is 11.2. The maximum atomic E-state index is 12.5. The normalized spacial score (nSPS) is 18.9. The van der Waals surface area contributed by atoms with Crippen LogP contribution < -0.4 is 15.1 Å². The molecule has 1 unspecified atom stereocenters. The van der Waals surface area contributed by atoms with Crippen LogP contribution in [0.4, 0.5) is 11.4 Å². The van der Waals surface area contributed by atoms with Crippen LogP contribution >= 0.6 is 11.6 Å². The van der Waals surface area contributed by atoms with Gasteiger partial charge in [0.2, 0.25) is 11.8 Å². The number of amides is 3. The van der Waals surface area contributed by atoms with Crippen molar-refractivity contribution in [2.75, 3.05) is 49.6 Å². The Balaban J connectivity index is 1.31. The third-order valence-electron chi connectivity index (χ3n) is 6.03. The summed E-state index contributed by atoms with van der Waals surface area (Å²) in [5.41, 5.74) is 1.58. The zero-order valence-electron chi connectivity index (χ0n) is 18.1. The fourth-order valence-electron chi connectivity index (χ4n) is 4.17. The molecule has 2 aromatic rings. The largest absolute Gasteiger partial charge is 0.440 e. The van der Waals surface area contributed by atoms with Crippen LogP contribution in [0.15, 0.2) is 40.8 Å². The highest BCUT2D eigenvalue weighted by atomic mass is 35.5. The fourth-order valence-corrected chi connectivity index (χ4v) is 4.31. The number of furan rings is 1. The van der Waals surface area contributed by atoms with Gasteiger partial charge in [-0.25, -0.2) is 0 Å². The van der Waals surface area contributed by atoms with Gasteiger partial charge in [0.05, 0.1) is 6.54 Å². The molecule has 8 nitrogen and oxygen atoms in total. The molecular weight excluding hydrogens is 432 g/mol. The Morgan fingerprint density at radius 3 is 2.53 bits per heavy atom. The molecule has 2 saturated heterocycles. The summed E-state index contributed by atoms with van der Waals surface area (Å²) in [6.45, 7) is 3.27. The minimum atomic E-state index is -0.353. The van der Waals surface area contributed by atoms with Crippen molar-refractivity contribution in [3.63, 3.8) is 0 Å². The Bertz CT molecular complexity index is 984. The van der Waals surface area contributed by atoms with Gasteiger partial charge in [0, 0.05) is 43.9 Å². The predicted molar refractivity (Wildman–Crippen MR) is 122 cm³/mol. The van der Waals surface area contributed by atoms with Gasteiger partial charge in [0.25, 0.3) is 5.91 Å². The summed E-state index contributed by atoms with van der Waals surface area (Å²) in [5, 5.41) is 2.95. The molecule has 170 valence electrons. The van der Waals surface area contributed by atoms with Gasteiger partial charge in [-0.05, 0) is 73.9 Å².